The van der Waals surface area contributed by atoms with Crippen molar-refractivity contribution in [3.05, 3.63) is 77.1 Å². The van der Waals surface area contributed by atoms with Crippen molar-refractivity contribution in [3.63, 3.8) is 0 Å². The molecule has 0 saturated carbocycles. The summed E-state index contributed by atoms with van der Waals surface area (Å²) < 4.78 is 0. The fourth-order valence-corrected chi connectivity index (χ4v) is 2.72. The predicted molar refractivity (Wildman–Crippen MR) is 93.4 cm³/mol. The van der Waals surface area contributed by atoms with Crippen molar-refractivity contribution < 1.29 is 4.92 Å². The van der Waals surface area contributed by atoms with Gasteiger partial charge in [0.2, 0.25) is 0 Å². The van der Waals surface area contributed by atoms with Gasteiger partial charge in [-0.05, 0) is 17.5 Å². The van der Waals surface area contributed by atoms with Crippen LogP contribution in [-0.2, 0) is 0 Å². The van der Waals surface area contributed by atoms with E-state index in [4.69, 9.17) is 0 Å². The Morgan fingerprint density at radius 1 is 0.917 bits per heavy atom. The standard InChI is InChI=1S/C18H12N4O2/c23-22(24)13-8-9-16-15(10-13)18(20-11-19-16)21-17-7-3-5-12-4-1-2-6-14(12)17/h1-11H,(H,19,20,21). The Morgan fingerprint density at radius 2 is 1.75 bits per heavy atom. The normalized spacial score (nSPS) is 10.8. The Morgan fingerprint density at radius 3 is 2.62 bits per heavy atom. The summed E-state index contributed by atoms with van der Waals surface area (Å²) in [6.45, 7) is 0. The van der Waals surface area contributed by atoms with Gasteiger partial charge in [-0.3, -0.25) is 10.1 Å². The number of nitro groups is 1. The number of nitro benzene ring substituents is 1. The molecule has 4 aromatic rings. The van der Waals surface area contributed by atoms with E-state index in [0.29, 0.717) is 16.7 Å². The molecule has 0 fully saturated rings. The lowest BCUT2D eigenvalue weighted by molar-refractivity contribution is -0.384. The van der Waals surface area contributed by atoms with Gasteiger partial charge in [-0.1, -0.05) is 36.4 Å². The SMILES string of the molecule is O=[N+]([O-])c1ccc2ncnc(Nc3cccc4ccccc34)c2c1. The van der Waals surface area contributed by atoms with Gasteiger partial charge in [-0.15, -0.1) is 0 Å². The van der Waals surface area contributed by atoms with E-state index in [1.165, 1.54) is 18.5 Å². The average molecular weight is 316 g/mol. The van der Waals surface area contributed by atoms with E-state index >= 15 is 0 Å². The molecule has 0 spiro atoms. The first-order valence-electron chi connectivity index (χ1n) is 7.36. The van der Waals surface area contributed by atoms with Crippen molar-refractivity contribution in [1.82, 2.24) is 9.97 Å². The molecule has 0 saturated heterocycles. The van der Waals surface area contributed by atoms with Crippen molar-refractivity contribution >= 4 is 38.9 Å². The first kappa shape index (κ1) is 14.1. The summed E-state index contributed by atoms with van der Waals surface area (Å²) in [5.41, 5.74) is 1.55. The summed E-state index contributed by atoms with van der Waals surface area (Å²) in [6, 6.07) is 18.5. The third kappa shape index (κ3) is 2.40. The molecule has 3 aromatic carbocycles. The van der Waals surface area contributed by atoms with Crippen LogP contribution in [0.25, 0.3) is 21.7 Å². The number of non-ortho nitro benzene ring substituents is 1. The van der Waals surface area contributed by atoms with Gasteiger partial charge in [0.25, 0.3) is 5.69 Å². The summed E-state index contributed by atoms with van der Waals surface area (Å²) in [4.78, 5) is 19.0. The molecule has 0 radical (unpaired) electrons. The highest BCUT2D eigenvalue weighted by atomic mass is 16.6. The zero-order valence-electron chi connectivity index (χ0n) is 12.5. The van der Waals surface area contributed by atoms with Gasteiger partial charge in [0, 0.05) is 28.6 Å². The molecular weight excluding hydrogens is 304 g/mol. The van der Waals surface area contributed by atoms with Gasteiger partial charge in [-0.2, -0.15) is 0 Å². The van der Waals surface area contributed by atoms with Crippen LogP contribution >= 0.6 is 0 Å². The van der Waals surface area contributed by atoms with Crippen LogP contribution < -0.4 is 5.32 Å². The monoisotopic (exact) mass is 316 g/mol. The minimum absolute atomic E-state index is 0.0123. The van der Waals surface area contributed by atoms with E-state index in [-0.39, 0.29) is 5.69 Å². The van der Waals surface area contributed by atoms with Crippen LogP contribution in [0.3, 0.4) is 0 Å². The van der Waals surface area contributed by atoms with Crippen LogP contribution in [0, 0.1) is 10.1 Å². The Hall–Kier alpha value is -3.54. The molecule has 1 aromatic heterocycles. The predicted octanol–water partition coefficient (Wildman–Crippen LogP) is 4.43. The topological polar surface area (TPSA) is 81.0 Å². The van der Waals surface area contributed by atoms with Crippen LogP contribution in [0.1, 0.15) is 0 Å². The average Bonchev–Trinajstić information content (AvgIpc) is 2.62. The minimum Gasteiger partial charge on any atom is -0.339 e. The maximum atomic E-state index is 11.0. The smallest absolute Gasteiger partial charge is 0.270 e. The van der Waals surface area contributed by atoms with Gasteiger partial charge in [0.15, 0.2) is 0 Å². The molecule has 1 heterocycles. The van der Waals surface area contributed by atoms with Crippen LogP contribution in [0.4, 0.5) is 17.2 Å². The highest BCUT2D eigenvalue weighted by molar-refractivity contribution is 5.98. The number of fused-ring (bicyclic) bond motifs is 2. The third-order valence-corrected chi connectivity index (χ3v) is 3.87. The van der Waals surface area contributed by atoms with E-state index in [9.17, 15) is 10.1 Å². The number of aromatic nitrogens is 2. The molecule has 0 amide bonds. The largest absolute Gasteiger partial charge is 0.339 e. The quantitative estimate of drug-likeness (QED) is 0.446. The van der Waals surface area contributed by atoms with Crippen molar-refractivity contribution in [2.75, 3.05) is 5.32 Å². The number of benzene rings is 3. The van der Waals surface area contributed by atoms with Crippen LogP contribution in [-0.4, -0.2) is 14.9 Å². The molecule has 4 rings (SSSR count). The fraction of sp³-hybridized carbons (Fsp3) is 0. The van der Waals surface area contributed by atoms with E-state index in [0.717, 1.165) is 16.5 Å². The Bertz CT molecular complexity index is 1070. The Balaban J connectivity index is 1.87. The fourth-order valence-electron chi connectivity index (χ4n) is 2.72. The Kier molecular flexibility index (Phi) is 3.28. The third-order valence-electron chi connectivity index (χ3n) is 3.87. The first-order valence-corrected chi connectivity index (χ1v) is 7.36. The minimum atomic E-state index is -0.422. The van der Waals surface area contributed by atoms with Gasteiger partial charge >= 0.3 is 0 Å². The summed E-state index contributed by atoms with van der Waals surface area (Å²) in [5, 5.41) is 17.1. The van der Waals surface area contributed by atoms with Gasteiger partial charge in [0.1, 0.15) is 12.1 Å². The van der Waals surface area contributed by atoms with E-state index in [1.54, 1.807) is 6.07 Å². The molecule has 0 aliphatic rings. The molecule has 6 heteroatoms. The van der Waals surface area contributed by atoms with Crippen LogP contribution in [0.5, 0.6) is 0 Å². The van der Waals surface area contributed by atoms with Crippen LogP contribution in [0.15, 0.2) is 67.0 Å². The number of nitrogens with one attached hydrogen (secondary N) is 1. The second-order valence-corrected chi connectivity index (χ2v) is 5.33. The summed E-state index contributed by atoms with van der Waals surface area (Å²) in [7, 11) is 0. The Labute approximate surface area is 136 Å². The summed E-state index contributed by atoms with van der Waals surface area (Å²) >= 11 is 0. The number of anilines is 2. The molecule has 0 bridgehead atoms. The molecule has 6 nitrogen and oxygen atoms in total. The second-order valence-electron chi connectivity index (χ2n) is 5.33. The van der Waals surface area contributed by atoms with Crippen molar-refractivity contribution in [2.45, 2.75) is 0 Å². The molecule has 0 atom stereocenters. The highest BCUT2D eigenvalue weighted by Gasteiger charge is 2.11. The maximum absolute atomic E-state index is 11.0. The maximum Gasteiger partial charge on any atom is 0.270 e. The first-order chi connectivity index (χ1) is 11.7. The lowest BCUT2D eigenvalue weighted by Gasteiger charge is -2.11. The number of hydrogen-bond donors (Lipinski definition) is 1. The van der Waals surface area contributed by atoms with E-state index in [1.807, 2.05) is 42.5 Å². The zero-order valence-corrected chi connectivity index (χ0v) is 12.5. The molecule has 0 unspecified atom stereocenters. The van der Waals surface area contributed by atoms with Crippen molar-refractivity contribution in [2.24, 2.45) is 0 Å². The highest BCUT2D eigenvalue weighted by Crippen LogP contribution is 2.30. The molecule has 1 N–H and O–H groups in total. The molecular formula is C18H12N4O2. The molecule has 24 heavy (non-hydrogen) atoms. The van der Waals surface area contributed by atoms with E-state index < -0.39 is 4.92 Å². The molecule has 0 aliphatic carbocycles. The second kappa shape index (κ2) is 5.58. The van der Waals surface area contributed by atoms with Crippen molar-refractivity contribution in [3.8, 4) is 0 Å². The van der Waals surface area contributed by atoms with Gasteiger partial charge in [0.05, 0.1) is 10.4 Å². The molecule has 0 aliphatic heterocycles. The zero-order chi connectivity index (χ0) is 16.5. The van der Waals surface area contributed by atoms with Crippen LogP contribution in [0.2, 0.25) is 0 Å². The number of hydrogen-bond acceptors (Lipinski definition) is 5. The van der Waals surface area contributed by atoms with Gasteiger partial charge < -0.3 is 5.32 Å². The number of nitrogens with zero attached hydrogens (tertiary/aromatic N) is 3. The molecule has 116 valence electrons. The lowest BCUT2D eigenvalue weighted by atomic mass is 10.1. The summed E-state index contributed by atoms with van der Waals surface area (Å²) in [5.74, 6) is 0.542. The van der Waals surface area contributed by atoms with Crippen molar-refractivity contribution in [1.29, 1.82) is 0 Å². The summed E-state index contributed by atoms with van der Waals surface area (Å²) in [6.07, 6.45) is 1.45. The van der Waals surface area contributed by atoms with Gasteiger partial charge in [-0.25, -0.2) is 9.97 Å². The van der Waals surface area contributed by atoms with E-state index in [2.05, 4.69) is 15.3 Å². The lowest BCUT2D eigenvalue weighted by Crippen LogP contribution is -1.97. The number of rotatable bonds is 3.